The number of methoxy groups -OCH3 is 1. The van der Waals surface area contributed by atoms with E-state index in [1.165, 1.54) is 13.2 Å². The standard InChI is InChI=1S/C11H18BNO6/c1-11(2,3)19-10(15)13-6-7(12(16)17)5-8(13)9(14)18-4/h5,8,16-17H,6H2,1-4H3/t8-/m0/s1. The molecule has 7 nitrogen and oxygen atoms in total. The lowest BCUT2D eigenvalue weighted by Crippen LogP contribution is -2.44. The zero-order valence-corrected chi connectivity index (χ0v) is 11.4. The molecular formula is C11H18BNO6. The molecule has 0 bridgehead atoms. The van der Waals surface area contributed by atoms with Gasteiger partial charge in [-0.3, -0.25) is 4.90 Å². The topological polar surface area (TPSA) is 96.3 Å². The van der Waals surface area contributed by atoms with Crippen LogP contribution in [0, 0.1) is 0 Å². The Labute approximate surface area is 111 Å². The first kappa shape index (κ1) is 15.5. The summed E-state index contributed by atoms with van der Waals surface area (Å²) >= 11 is 0. The normalized spacial score (nSPS) is 18.9. The lowest BCUT2D eigenvalue weighted by molar-refractivity contribution is -0.144. The van der Waals surface area contributed by atoms with Crippen LogP contribution in [0.1, 0.15) is 20.8 Å². The second-order valence-electron chi connectivity index (χ2n) is 5.19. The summed E-state index contributed by atoms with van der Waals surface area (Å²) in [6.07, 6.45) is 0.579. The summed E-state index contributed by atoms with van der Waals surface area (Å²) in [5.74, 6) is -0.665. The molecule has 19 heavy (non-hydrogen) atoms. The molecule has 1 aliphatic rings. The first-order chi connectivity index (χ1) is 8.65. The van der Waals surface area contributed by atoms with Crippen LogP contribution in [-0.4, -0.2) is 59.4 Å². The van der Waals surface area contributed by atoms with Crippen molar-refractivity contribution in [2.45, 2.75) is 32.4 Å². The van der Waals surface area contributed by atoms with Crippen LogP contribution >= 0.6 is 0 Å². The molecule has 0 unspecified atom stereocenters. The molecule has 0 aromatic carbocycles. The number of ether oxygens (including phenoxy) is 2. The Morgan fingerprint density at radius 3 is 2.42 bits per heavy atom. The third-order valence-electron chi connectivity index (χ3n) is 2.46. The lowest BCUT2D eigenvalue weighted by atomic mass is 9.80. The van der Waals surface area contributed by atoms with Gasteiger partial charge in [0.15, 0.2) is 6.04 Å². The number of hydrogen-bond acceptors (Lipinski definition) is 6. The summed E-state index contributed by atoms with van der Waals surface area (Å²) in [7, 11) is -0.531. The van der Waals surface area contributed by atoms with Gasteiger partial charge in [-0.1, -0.05) is 6.08 Å². The first-order valence-corrected chi connectivity index (χ1v) is 5.80. The quantitative estimate of drug-likeness (QED) is 0.529. The average Bonchev–Trinajstić information content (AvgIpc) is 2.70. The molecule has 0 spiro atoms. The zero-order valence-electron chi connectivity index (χ0n) is 11.4. The van der Waals surface area contributed by atoms with Crippen molar-refractivity contribution in [2.75, 3.05) is 13.7 Å². The van der Waals surface area contributed by atoms with Gasteiger partial charge in [0.25, 0.3) is 0 Å². The van der Waals surface area contributed by atoms with Crippen molar-refractivity contribution in [3.05, 3.63) is 11.5 Å². The molecule has 1 atom stereocenters. The van der Waals surface area contributed by atoms with Gasteiger partial charge in [-0.15, -0.1) is 0 Å². The second-order valence-corrected chi connectivity index (χ2v) is 5.19. The van der Waals surface area contributed by atoms with Crippen molar-refractivity contribution in [1.29, 1.82) is 0 Å². The highest BCUT2D eigenvalue weighted by Gasteiger charge is 2.39. The molecular weight excluding hydrogens is 253 g/mol. The maximum absolute atomic E-state index is 12.0. The van der Waals surface area contributed by atoms with Gasteiger partial charge in [-0.05, 0) is 26.2 Å². The summed E-state index contributed by atoms with van der Waals surface area (Å²) < 4.78 is 9.73. The summed E-state index contributed by atoms with van der Waals surface area (Å²) in [6, 6.07) is -1.00. The minimum atomic E-state index is -1.72. The highest BCUT2D eigenvalue weighted by atomic mass is 16.6. The van der Waals surface area contributed by atoms with Crippen LogP contribution in [0.3, 0.4) is 0 Å². The van der Waals surface area contributed by atoms with Crippen LogP contribution in [0.5, 0.6) is 0 Å². The lowest BCUT2D eigenvalue weighted by Gasteiger charge is -2.27. The van der Waals surface area contributed by atoms with E-state index in [1.807, 2.05) is 0 Å². The fourth-order valence-electron chi connectivity index (χ4n) is 1.62. The van der Waals surface area contributed by atoms with Crippen LogP contribution in [0.4, 0.5) is 4.79 Å². The fourth-order valence-corrected chi connectivity index (χ4v) is 1.62. The van der Waals surface area contributed by atoms with Crippen molar-refractivity contribution >= 4 is 19.2 Å². The van der Waals surface area contributed by atoms with E-state index < -0.39 is 30.8 Å². The molecule has 0 radical (unpaired) electrons. The van der Waals surface area contributed by atoms with E-state index in [1.54, 1.807) is 20.8 Å². The van der Waals surface area contributed by atoms with Gasteiger partial charge in [-0.25, -0.2) is 9.59 Å². The SMILES string of the molecule is COC(=O)[C@@H]1C=C(B(O)O)CN1C(=O)OC(C)(C)C. The van der Waals surface area contributed by atoms with Crippen molar-refractivity contribution in [2.24, 2.45) is 0 Å². The van der Waals surface area contributed by atoms with Gasteiger partial charge < -0.3 is 19.5 Å². The van der Waals surface area contributed by atoms with Gasteiger partial charge in [0.05, 0.1) is 7.11 Å². The smallest absolute Gasteiger partial charge is 0.467 e. The first-order valence-electron chi connectivity index (χ1n) is 5.80. The zero-order chi connectivity index (χ0) is 14.8. The van der Waals surface area contributed by atoms with Crippen molar-refractivity contribution in [1.82, 2.24) is 4.90 Å². The van der Waals surface area contributed by atoms with Crippen LogP contribution in [0.2, 0.25) is 0 Å². The number of nitrogens with zero attached hydrogens (tertiary/aromatic N) is 1. The molecule has 0 fully saturated rings. The highest BCUT2D eigenvalue weighted by molar-refractivity contribution is 6.51. The van der Waals surface area contributed by atoms with Crippen molar-refractivity contribution in [3.63, 3.8) is 0 Å². The predicted molar refractivity (Wildman–Crippen MR) is 67.0 cm³/mol. The minimum Gasteiger partial charge on any atom is -0.467 e. The summed E-state index contributed by atoms with van der Waals surface area (Å²) in [5.41, 5.74) is -0.556. The Morgan fingerprint density at radius 1 is 1.42 bits per heavy atom. The number of carbonyl (C=O) groups is 2. The van der Waals surface area contributed by atoms with E-state index in [9.17, 15) is 9.59 Å². The van der Waals surface area contributed by atoms with E-state index in [0.29, 0.717) is 0 Å². The minimum absolute atomic E-state index is 0.0909. The molecule has 1 heterocycles. The number of esters is 1. The largest absolute Gasteiger partial charge is 0.485 e. The van der Waals surface area contributed by atoms with Gasteiger partial charge in [0.1, 0.15) is 5.60 Å². The van der Waals surface area contributed by atoms with E-state index in [2.05, 4.69) is 4.74 Å². The number of carbonyl (C=O) groups excluding carboxylic acids is 2. The molecule has 0 aliphatic carbocycles. The van der Waals surface area contributed by atoms with E-state index >= 15 is 0 Å². The Kier molecular flexibility index (Phi) is 4.59. The average molecular weight is 271 g/mol. The Hall–Kier alpha value is -1.54. The van der Waals surface area contributed by atoms with Crippen LogP contribution in [0.15, 0.2) is 11.5 Å². The number of amides is 1. The highest BCUT2D eigenvalue weighted by Crippen LogP contribution is 2.21. The van der Waals surface area contributed by atoms with E-state index in [0.717, 1.165) is 4.90 Å². The maximum Gasteiger partial charge on any atom is 0.485 e. The van der Waals surface area contributed by atoms with Crippen LogP contribution < -0.4 is 0 Å². The second kappa shape index (κ2) is 5.62. The van der Waals surface area contributed by atoms with Gasteiger partial charge in [0, 0.05) is 6.54 Å². The molecule has 1 rings (SSSR count). The monoisotopic (exact) mass is 271 g/mol. The maximum atomic E-state index is 12.0. The Balaban J connectivity index is 2.88. The molecule has 106 valence electrons. The fraction of sp³-hybridized carbons (Fsp3) is 0.636. The predicted octanol–water partition coefficient (Wildman–Crippen LogP) is -0.283. The van der Waals surface area contributed by atoms with Crippen LogP contribution in [-0.2, 0) is 14.3 Å². The number of rotatable bonds is 2. The molecule has 0 aromatic heterocycles. The van der Waals surface area contributed by atoms with Crippen molar-refractivity contribution in [3.8, 4) is 0 Å². The number of hydrogen-bond donors (Lipinski definition) is 2. The van der Waals surface area contributed by atoms with Crippen LogP contribution in [0.25, 0.3) is 0 Å². The van der Waals surface area contributed by atoms with Gasteiger partial charge >= 0.3 is 19.2 Å². The molecule has 8 heteroatoms. The molecule has 1 aliphatic heterocycles. The molecule has 2 N–H and O–H groups in total. The Bertz CT molecular complexity index is 400. The van der Waals surface area contributed by atoms with Gasteiger partial charge in [0.2, 0.25) is 0 Å². The molecule has 0 saturated heterocycles. The summed E-state index contributed by atoms with van der Waals surface area (Å²) in [5, 5.41) is 18.2. The van der Waals surface area contributed by atoms with E-state index in [4.69, 9.17) is 14.8 Å². The molecule has 0 aromatic rings. The third kappa shape index (κ3) is 3.97. The molecule has 1 amide bonds. The van der Waals surface area contributed by atoms with Crippen molar-refractivity contribution < 1.29 is 29.1 Å². The van der Waals surface area contributed by atoms with E-state index in [-0.39, 0.29) is 12.0 Å². The van der Waals surface area contributed by atoms with Gasteiger partial charge in [-0.2, -0.15) is 0 Å². The summed E-state index contributed by atoms with van der Waals surface area (Å²) in [6.45, 7) is 5.00. The Morgan fingerprint density at radius 2 is 2.00 bits per heavy atom. The summed E-state index contributed by atoms with van der Waals surface area (Å²) in [4.78, 5) is 24.6. The molecule has 0 saturated carbocycles. The third-order valence-corrected chi connectivity index (χ3v) is 2.46.